The number of anilines is 1. The van der Waals surface area contributed by atoms with Crippen LogP contribution in [0.2, 0.25) is 0 Å². The number of hydrogen-bond acceptors (Lipinski definition) is 7. The number of para-hydroxylation sites is 1. The van der Waals surface area contributed by atoms with E-state index in [-0.39, 0.29) is 6.54 Å². The van der Waals surface area contributed by atoms with Crippen LogP contribution in [0.25, 0.3) is 0 Å². The molecular weight excluding hydrogens is 558 g/mol. The summed E-state index contributed by atoms with van der Waals surface area (Å²) in [5.74, 6) is -0.0666. The smallest absolute Gasteiger partial charge is 0.328 e. The van der Waals surface area contributed by atoms with Crippen molar-refractivity contribution in [1.29, 1.82) is 0 Å². The molecule has 0 bridgehead atoms. The number of carboxylic acid groups (broad SMARTS) is 1. The normalized spacial score (nSPS) is 11.6. The highest BCUT2D eigenvalue weighted by Gasteiger charge is 2.26. The highest BCUT2D eigenvalue weighted by Crippen LogP contribution is 2.41. The van der Waals surface area contributed by atoms with Gasteiger partial charge >= 0.3 is 5.97 Å². The first-order valence-corrected chi connectivity index (χ1v) is 12.1. The Bertz CT molecular complexity index is 1340. The van der Waals surface area contributed by atoms with Gasteiger partial charge in [-0.3, -0.25) is 4.79 Å². The minimum absolute atomic E-state index is 0.00651. The molecule has 2 N–H and O–H groups in total. The van der Waals surface area contributed by atoms with Crippen molar-refractivity contribution >= 4 is 33.5 Å². The van der Waals surface area contributed by atoms with E-state index in [0.717, 1.165) is 12.2 Å². The number of benzene rings is 3. The first-order chi connectivity index (χ1) is 18.2. The van der Waals surface area contributed by atoms with E-state index < -0.39 is 18.0 Å². The predicted octanol–water partition coefficient (Wildman–Crippen LogP) is 4.74. The van der Waals surface area contributed by atoms with Gasteiger partial charge in [-0.15, -0.1) is 0 Å². The molecule has 0 radical (unpaired) electrons. The van der Waals surface area contributed by atoms with Crippen LogP contribution >= 0.6 is 15.9 Å². The second kappa shape index (κ2) is 13.0. The van der Waals surface area contributed by atoms with Gasteiger partial charge in [0.1, 0.15) is 17.6 Å². The lowest BCUT2D eigenvalue weighted by Gasteiger charge is -2.28. The Morgan fingerprint density at radius 1 is 0.895 bits per heavy atom. The minimum Gasteiger partial charge on any atom is -0.497 e. The summed E-state index contributed by atoms with van der Waals surface area (Å²) in [6.07, 6.45) is 0.493. The predicted molar refractivity (Wildman–Crippen MR) is 145 cm³/mol. The molecule has 0 spiro atoms. The summed E-state index contributed by atoms with van der Waals surface area (Å²) in [7, 11) is 6.00. The summed E-state index contributed by atoms with van der Waals surface area (Å²) >= 11 is 3.45. The summed E-state index contributed by atoms with van der Waals surface area (Å²) in [6, 6.07) is 15.4. The van der Waals surface area contributed by atoms with Crippen molar-refractivity contribution in [1.82, 2.24) is 0 Å². The maximum absolute atomic E-state index is 13.4. The van der Waals surface area contributed by atoms with Gasteiger partial charge in [0.15, 0.2) is 11.5 Å². The summed E-state index contributed by atoms with van der Waals surface area (Å²) in [6.45, 7) is 0.00651. The molecule has 9 nitrogen and oxygen atoms in total. The van der Waals surface area contributed by atoms with Crippen molar-refractivity contribution in [2.75, 3.05) is 33.3 Å². The molecule has 10 heteroatoms. The van der Waals surface area contributed by atoms with Gasteiger partial charge in [-0.05, 0) is 36.4 Å². The third-order valence-corrected chi connectivity index (χ3v) is 6.25. The van der Waals surface area contributed by atoms with Gasteiger partial charge in [0.25, 0.3) is 5.91 Å². The van der Waals surface area contributed by atoms with Crippen LogP contribution < -0.4 is 23.8 Å². The molecule has 3 aromatic carbocycles. The average molecular weight is 586 g/mol. The molecule has 3 aromatic rings. The SMILES string of the molecule is COc1ccc(CN(C(=O)C=CC(=O)O)c2ccc(Br)cc2C(O)c2cccc(OC)c2OC)c(OC)c1. The molecule has 0 aliphatic carbocycles. The first kappa shape index (κ1) is 28.5. The van der Waals surface area contributed by atoms with Crippen LogP contribution in [-0.4, -0.2) is 50.5 Å². The summed E-state index contributed by atoms with van der Waals surface area (Å²) in [5.41, 5.74) is 1.77. The number of nitrogens with zero attached hydrogens (tertiary/aromatic N) is 1. The highest BCUT2D eigenvalue weighted by molar-refractivity contribution is 9.10. The number of methoxy groups -OCH3 is 4. The Labute approximate surface area is 228 Å². The van der Waals surface area contributed by atoms with E-state index >= 15 is 0 Å². The first-order valence-electron chi connectivity index (χ1n) is 11.4. The van der Waals surface area contributed by atoms with Gasteiger partial charge in [0.2, 0.25) is 0 Å². The second-order valence-electron chi connectivity index (χ2n) is 7.96. The third-order valence-electron chi connectivity index (χ3n) is 5.76. The molecule has 1 amide bonds. The van der Waals surface area contributed by atoms with Crippen LogP contribution in [-0.2, 0) is 16.1 Å². The van der Waals surface area contributed by atoms with Crippen LogP contribution in [0.5, 0.6) is 23.0 Å². The van der Waals surface area contributed by atoms with Crippen molar-refractivity contribution in [2.45, 2.75) is 12.6 Å². The number of carbonyl (C=O) groups is 2. The van der Waals surface area contributed by atoms with Gasteiger partial charge in [-0.2, -0.15) is 0 Å². The fourth-order valence-electron chi connectivity index (χ4n) is 3.95. The zero-order valence-electron chi connectivity index (χ0n) is 21.3. The van der Waals surface area contributed by atoms with Crippen molar-refractivity contribution < 1.29 is 38.7 Å². The quantitative estimate of drug-likeness (QED) is 0.310. The van der Waals surface area contributed by atoms with E-state index in [1.807, 2.05) is 0 Å². The van der Waals surface area contributed by atoms with Crippen molar-refractivity contribution in [3.63, 3.8) is 0 Å². The molecule has 1 unspecified atom stereocenters. The molecule has 0 aromatic heterocycles. The number of aliphatic hydroxyl groups excluding tert-OH is 1. The second-order valence-corrected chi connectivity index (χ2v) is 8.88. The number of hydrogen-bond donors (Lipinski definition) is 2. The molecule has 0 aliphatic heterocycles. The fourth-order valence-corrected chi connectivity index (χ4v) is 4.33. The maximum Gasteiger partial charge on any atom is 0.328 e. The van der Waals surface area contributed by atoms with Gasteiger partial charge < -0.3 is 34.1 Å². The molecular formula is C28H28BrNO8. The largest absolute Gasteiger partial charge is 0.497 e. The van der Waals surface area contributed by atoms with Crippen LogP contribution in [0.3, 0.4) is 0 Å². The van der Waals surface area contributed by atoms with Gasteiger partial charge in [-0.1, -0.05) is 28.1 Å². The van der Waals surface area contributed by atoms with Crippen LogP contribution in [0.1, 0.15) is 22.8 Å². The summed E-state index contributed by atoms with van der Waals surface area (Å²) in [5, 5.41) is 20.7. The standard InChI is InChI=1S/C28H28BrNO8/c1-35-19-10-8-17(24(15-19)37-3)16-30(25(31)12-13-26(32)33)22-11-9-18(29)14-21(22)27(34)20-6-5-7-23(36-2)28(20)38-4/h5-15,27,34H,16H2,1-4H3,(H,32,33). The number of amides is 1. The molecule has 3 rings (SSSR count). The van der Waals surface area contributed by atoms with E-state index in [2.05, 4.69) is 15.9 Å². The van der Waals surface area contributed by atoms with E-state index in [4.69, 9.17) is 24.1 Å². The van der Waals surface area contributed by atoms with E-state index in [0.29, 0.717) is 49.8 Å². The van der Waals surface area contributed by atoms with Gasteiger partial charge in [0.05, 0.1) is 40.7 Å². The molecule has 0 saturated carbocycles. The zero-order chi connectivity index (χ0) is 27.8. The number of rotatable bonds is 11. The van der Waals surface area contributed by atoms with E-state index in [1.165, 1.54) is 33.3 Å². The summed E-state index contributed by atoms with van der Waals surface area (Å²) < 4.78 is 22.3. The van der Waals surface area contributed by atoms with Crippen LogP contribution in [0.4, 0.5) is 5.69 Å². The van der Waals surface area contributed by atoms with E-state index in [1.54, 1.807) is 54.6 Å². The zero-order valence-corrected chi connectivity index (χ0v) is 22.9. The van der Waals surface area contributed by atoms with Gasteiger partial charge in [-0.25, -0.2) is 4.79 Å². The maximum atomic E-state index is 13.4. The molecule has 1 atom stereocenters. The Balaban J connectivity index is 2.19. The molecule has 0 aliphatic rings. The van der Waals surface area contributed by atoms with E-state index in [9.17, 15) is 14.7 Å². The van der Waals surface area contributed by atoms with Crippen molar-refractivity contribution in [3.05, 3.63) is 87.9 Å². The lowest BCUT2D eigenvalue weighted by atomic mass is 9.97. The lowest BCUT2D eigenvalue weighted by Crippen LogP contribution is -2.30. The molecule has 0 heterocycles. The van der Waals surface area contributed by atoms with Crippen LogP contribution in [0, 0.1) is 0 Å². The van der Waals surface area contributed by atoms with Crippen LogP contribution in [0.15, 0.2) is 71.2 Å². The number of carboxylic acids is 1. The Morgan fingerprint density at radius 3 is 2.26 bits per heavy atom. The molecule has 0 saturated heterocycles. The fraction of sp³-hybridized carbons (Fsp3) is 0.214. The number of ether oxygens (including phenoxy) is 4. The minimum atomic E-state index is -1.27. The highest BCUT2D eigenvalue weighted by atomic mass is 79.9. The molecule has 38 heavy (non-hydrogen) atoms. The summed E-state index contributed by atoms with van der Waals surface area (Å²) in [4.78, 5) is 25.9. The third kappa shape index (κ3) is 6.45. The molecule has 0 fully saturated rings. The average Bonchev–Trinajstić information content (AvgIpc) is 2.93. The molecule has 200 valence electrons. The topological polar surface area (TPSA) is 115 Å². The van der Waals surface area contributed by atoms with Crippen molar-refractivity contribution in [3.8, 4) is 23.0 Å². The number of aliphatic hydroxyl groups is 1. The monoisotopic (exact) mass is 585 g/mol. The lowest BCUT2D eigenvalue weighted by molar-refractivity contribution is -0.131. The number of halogens is 1. The van der Waals surface area contributed by atoms with Crippen molar-refractivity contribution in [2.24, 2.45) is 0 Å². The Morgan fingerprint density at radius 2 is 1.63 bits per heavy atom. The van der Waals surface area contributed by atoms with Gasteiger partial charge in [0, 0.05) is 39.4 Å². The number of aliphatic carboxylic acids is 1. The Hall–Kier alpha value is -4.02. The number of carbonyl (C=O) groups excluding carboxylic acids is 1. The Kier molecular flexibility index (Phi) is 9.75.